The van der Waals surface area contributed by atoms with Crippen LogP contribution < -0.4 is 0 Å². The first kappa shape index (κ1) is 15.9. The van der Waals surface area contributed by atoms with E-state index in [1.165, 1.54) is 25.1 Å². The molecule has 1 heterocycles. The summed E-state index contributed by atoms with van der Waals surface area (Å²) >= 11 is 0. The molecule has 6 heteroatoms. The predicted octanol–water partition coefficient (Wildman–Crippen LogP) is 3.50. The van der Waals surface area contributed by atoms with Crippen molar-refractivity contribution in [3.63, 3.8) is 0 Å². The fraction of sp³-hybridized carbons (Fsp3) is 0.250. The Morgan fingerprint density at radius 1 is 1.36 bits per heavy atom. The van der Waals surface area contributed by atoms with E-state index in [4.69, 9.17) is 5.11 Å². The van der Waals surface area contributed by atoms with Gasteiger partial charge in [-0.1, -0.05) is 18.2 Å². The molecular formula is C16H15F2NO3. The summed E-state index contributed by atoms with van der Waals surface area (Å²) in [6, 6.07) is 5.42. The van der Waals surface area contributed by atoms with Crippen molar-refractivity contribution in [3.05, 3.63) is 53.1 Å². The molecule has 0 fully saturated rings. The van der Waals surface area contributed by atoms with E-state index in [0.29, 0.717) is 11.6 Å². The summed E-state index contributed by atoms with van der Waals surface area (Å²) in [5, 5.41) is 18.4. The first-order valence-corrected chi connectivity index (χ1v) is 6.66. The number of phenolic OH excluding ortho intramolecular Hbond substituents is 1. The number of aliphatic imine (C=N–C) groups is 1. The normalized spacial score (nSPS) is 19.0. The van der Waals surface area contributed by atoms with E-state index >= 15 is 0 Å². The monoisotopic (exact) mass is 307 g/mol. The van der Waals surface area contributed by atoms with E-state index in [2.05, 4.69) is 4.99 Å². The molecule has 2 N–H and O–H groups in total. The number of hydrogen-bond acceptors (Lipinski definition) is 3. The number of carboxylic acids is 1. The molecule has 0 amide bonds. The number of halogens is 2. The maximum absolute atomic E-state index is 14.2. The zero-order valence-electron chi connectivity index (χ0n) is 11.8. The molecule has 0 aromatic heterocycles. The molecule has 116 valence electrons. The van der Waals surface area contributed by atoms with Gasteiger partial charge in [-0.3, -0.25) is 4.99 Å². The summed E-state index contributed by atoms with van der Waals surface area (Å²) in [6.45, 7) is 1.45. The van der Waals surface area contributed by atoms with Crippen LogP contribution in [-0.2, 0) is 4.79 Å². The van der Waals surface area contributed by atoms with Crippen LogP contribution in [0.25, 0.3) is 0 Å². The van der Waals surface area contributed by atoms with Crippen LogP contribution in [-0.4, -0.2) is 28.3 Å². The highest BCUT2D eigenvalue weighted by Gasteiger charge is 2.38. The number of carboxylic acid groups (broad SMARTS) is 1. The van der Waals surface area contributed by atoms with E-state index < -0.39 is 29.1 Å². The van der Waals surface area contributed by atoms with Crippen molar-refractivity contribution in [1.29, 1.82) is 0 Å². The van der Waals surface area contributed by atoms with Gasteiger partial charge in [-0.2, -0.15) is 8.78 Å². The van der Waals surface area contributed by atoms with Crippen LogP contribution in [0.15, 0.2) is 52.6 Å². The van der Waals surface area contributed by atoms with Crippen LogP contribution in [0.3, 0.4) is 0 Å². The van der Waals surface area contributed by atoms with Gasteiger partial charge in [-0.15, -0.1) is 0 Å². The maximum atomic E-state index is 14.2. The van der Waals surface area contributed by atoms with Gasteiger partial charge >= 0.3 is 5.97 Å². The van der Waals surface area contributed by atoms with Crippen LogP contribution in [0, 0.1) is 0 Å². The predicted molar refractivity (Wildman–Crippen MR) is 78.4 cm³/mol. The van der Waals surface area contributed by atoms with Crippen LogP contribution >= 0.6 is 0 Å². The minimum absolute atomic E-state index is 0.0600. The molecule has 1 atom stereocenters. The van der Waals surface area contributed by atoms with Crippen molar-refractivity contribution >= 4 is 12.2 Å². The van der Waals surface area contributed by atoms with Gasteiger partial charge in [0.05, 0.1) is 11.6 Å². The number of alkyl halides is 2. The average molecular weight is 307 g/mol. The standard InChI is InChI=1S/C16H15F2NO3/c1-2-7-16(17,18)13-8-14(19-9-12(13)15(21)22)10-3-5-11(20)6-4-10/h2-7,9,14,20H,8H2,1H3,(H,21,22)/b7-2+. The zero-order valence-corrected chi connectivity index (χ0v) is 11.8. The molecule has 0 saturated heterocycles. The van der Waals surface area contributed by atoms with Crippen LogP contribution in [0.2, 0.25) is 0 Å². The number of phenols is 1. The van der Waals surface area contributed by atoms with E-state index in [1.807, 2.05) is 0 Å². The smallest absolute Gasteiger partial charge is 0.337 e. The van der Waals surface area contributed by atoms with Crippen LogP contribution in [0.1, 0.15) is 24.9 Å². The quantitative estimate of drug-likeness (QED) is 0.836. The number of carbonyl (C=O) groups is 1. The van der Waals surface area contributed by atoms with Gasteiger partial charge in [0.2, 0.25) is 0 Å². The van der Waals surface area contributed by atoms with Gasteiger partial charge in [-0.25, -0.2) is 4.79 Å². The zero-order chi connectivity index (χ0) is 16.3. The van der Waals surface area contributed by atoms with Crippen molar-refractivity contribution in [2.24, 2.45) is 4.99 Å². The van der Waals surface area contributed by atoms with Crippen molar-refractivity contribution in [1.82, 2.24) is 0 Å². The number of aromatic hydroxyl groups is 1. The Kier molecular flexibility index (Phi) is 4.40. The SMILES string of the molecule is C/C=C/C(F)(F)C1=C(C(=O)O)C=NC(c2ccc(O)cc2)C1. The molecule has 0 bridgehead atoms. The Morgan fingerprint density at radius 3 is 2.55 bits per heavy atom. The minimum Gasteiger partial charge on any atom is -0.508 e. The molecular weight excluding hydrogens is 292 g/mol. The number of dihydropyridines is 1. The fourth-order valence-corrected chi connectivity index (χ4v) is 2.31. The topological polar surface area (TPSA) is 69.9 Å². The maximum Gasteiger partial charge on any atom is 0.337 e. The molecule has 0 spiro atoms. The Balaban J connectivity index is 2.40. The molecule has 0 radical (unpaired) electrons. The molecule has 1 aromatic carbocycles. The fourth-order valence-electron chi connectivity index (χ4n) is 2.31. The highest BCUT2D eigenvalue weighted by Crippen LogP contribution is 2.39. The van der Waals surface area contributed by atoms with Crippen molar-refractivity contribution in [2.45, 2.75) is 25.3 Å². The van der Waals surface area contributed by atoms with Crippen LogP contribution in [0.5, 0.6) is 5.75 Å². The Bertz CT molecular complexity index is 660. The first-order chi connectivity index (χ1) is 10.3. The lowest BCUT2D eigenvalue weighted by molar-refractivity contribution is -0.132. The van der Waals surface area contributed by atoms with Crippen molar-refractivity contribution in [3.8, 4) is 5.75 Å². The molecule has 1 aromatic rings. The third-order valence-electron chi connectivity index (χ3n) is 3.39. The van der Waals surface area contributed by atoms with E-state index in [1.54, 1.807) is 12.1 Å². The Labute approximate surface area is 126 Å². The number of rotatable bonds is 4. The van der Waals surface area contributed by atoms with E-state index in [0.717, 1.165) is 6.21 Å². The molecule has 1 unspecified atom stereocenters. The summed E-state index contributed by atoms with van der Waals surface area (Å²) in [7, 11) is 0. The lowest BCUT2D eigenvalue weighted by Gasteiger charge is -2.25. The molecule has 2 rings (SSSR count). The highest BCUT2D eigenvalue weighted by molar-refractivity contribution is 6.10. The van der Waals surface area contributed by atoms with Crippen molar-refractivity contribution < 1.29 is 23.8 Å². The van der Waals surface area contributed by atoms with Crippen molar-refractivity contribution in [2.75, 3.05) is 0 Å². The Morgan fingerprint density at radius 2 is 2.00 bits per heavy atom. The lowest BCUT2D eigenvalue weighted by atomic mass is 9.89. The summed E-state index contributed by atoms with van der Waals surface area (Å²) in [4.78, 5) is 15.2. The summed E-state index contributed by atoms with van der Waals surface area (Å²) < 4.78 is 28.3. The number of aliphatic carboxylic acids is 1. The largest absolute Gasteiger partial charge is 0.508 e. The second-order valence-corrected chi connectivity index (χ2v) is 4.91. The molecule has 1 aliphatic rings. The highest BCUT2D eigenvalue weighted by atomic mass is 19.3. The van der Waals surface area contributed by atoms with Gasteiger partial charge in [0.15, 0.2) is 0 Å². The number of allylic oxidation sites excluding steroid dienone is 2. The average Bonchev–Trinajstić information content (AvgIpc) is 2.47. The third-order valence-corrected chi connectivity index (χ3v) is 3.39. The minimum atomic E-state index is -3.34. The van der Waals surface area contributed by atoms with E-state index in [-0.39, 0.29) is 12.2 Å². The molecule has 0 saturated carbocycles. The second-order valence-electron chi connectivity index (χ2n) is 4.91. The van der Waals surface area contributed by atoms with Gasteiger partial charge in [0.25, 0.3) is 5.92 Å². The third kappa shape index (κ3) is 3.21. The molecule has 1 aliphatic heterocycles. The van der Waals surface area contributed by atoms with E-state index in [9.17, 15) is 18.7 Å². The summed E-state index contributed by atoms with van der Waals surface area (Å²) in [5.41, 5.74) is -0.309. The number of nitrogens with zero attached hydrogens (tertiary/aromatic N) is 1. The Hall–Kier alpha value is -2.50. The summed E-state index contributed by atoms with van der Waals surface area (Å²) in [6.07, 6.45) is 2.66. The summed E-state index contributed by atoms with van der Waals surface area (Å²) in [5.74, 6) is -4.71. The molecule has 4 nitrogen and oxygen atoms in total. The second kappa shape index (κ2) is 6.09. The lowest BCUT2D eigenvalue weighted by Crippen LogP contribution is -2.25. The first-order valence-electron chi connectivity index (χ1n) is 6.66. The molecule has 22 heavy (non-hydrogen) atoms. The number of benzene rings is 1. The van der Waals surface area contributed by atoms with Gasteiger partial charge in [-0.05, 0) is 30.7 Å². The molecule has 0 aliphatic carbocycles. The number of hydrogen-bond donors (Lipinski definition) is 2. The van der Waals surface area contributed by atoms with Crippen LogP contribution in [0.4, 0.5) is 8.78 Å². The van der Waals surface area contributed by atoms with Gasteiger partial charge in [0, 0.05) is 18.2 Å². The van der Waals surface area contributed by atoms with Gasteiger partial charge < -0.3 is 10.2 Å². The van der Waals surface area contributed by atoms with Gasteiger partial charge in [0.1, 0.15) is 5.75 Å².